The number of nitrogens with two attached hydrogens (primary N) is 1. The minimum Gasteiger partial charge on any atom is -0.376 e. The summed E-state index contributed by atoms with van der Waals surface area (Å²) < 4.78 is 5.97. The Bertz CT molecular complexity index is 332. The predicted octanol–water partition coefficient (Wildman–Crippen LogP) is 3.67. The van der Waals surface area contributed by atoms with Gasteiger partial charge in [-0.25, -0.2) is 0 Å². The molecule has 2 atom stereocenters. The van der Waals surface area contributed by atoms with Crippen LogP contribution in [-0.4, -0.2) is 12.7 Å². The molecular formula is C16H25NO. The summed E-state index contributed by atoms with van der Waals surface area (Å²) in [5.74, 6) is 0.754. The molecule has 1 aliphatic rings. The highest BCUT2D eigenvalue weighted by Crippen LogP contribution is 2.25. The van der Waals surface area contributed by atoms with E-state index < -0.39 is 0 Å². The van der Waals surface area contributed by atoms with Crippen molar-refractivity contribution in [1.29, 1.82) is 0 Å². The van der Waals surface area contributed by atoms with E-state index in [0.717, 1.165) is 18.1 Å². The van der Waals surface area contributed by atoms with Crippen LogP contribution >= 0.6 is 0 Å². The summed E-state index contributed by atoms with van der Waals surface area (Å²) in [6.45, 7) is 2.96. The first-order valence-electron chi connectivity index (χ1n) is 7.19. The van der Waals surface area contributed by atoms with Crippen molar-refractivity contribution in [2.24, 2.45) is 11.7 Å². The first kappa shape index (κ1) is 13.6. The quantitative estimate of drug-likeness (QED) is 0.861. The summed E-state index contributed by atoms with van der Waals surface area (Å²) in [6, 6.07) is 10.2. The second kappa shape index (κ2) is 6.91. The third-order valence-electron chi connectivity index (χ3n) is 4.01. The Morgan fingerprint density at radius 3 is 2.50 bits per heavy atom. The second-order valence-corrected chi connectivity index (χ2v) is 5.48. The third-order valence-corrected chi connectivity index (χ3v) is 4.01. The maximum atomic E-state index is 6.23. The lowest BCUT2D eigenvalue weighted by atomic mass is 9.90. The first-order chi connectivity index (χ1) is 8.77. The van der Waals surface area contributed by atoms with Gasteiger partial charge in [0.1, 0.15) is 0 Å². The van der Waals surface area contributed by atoms with E-state index >= 15 is 0 Å². The van der Waals surface area contributed by atoms with Crippen molar-refractivity contribution in [2.45, 2.75) is 51.2 Å². The molecular weight excluding hydrogens is 222 g/mol. The maximum absolute atomic E-state index is 6.23. The van der Waals surface area contributed by atoms with Gasteiger partial charge in [-0.1, -0.05) is 49.6 Å². The van der Waals surface area contributed by atoms with Crippen molar-refractivity contribution < 1.29 is 4.74 Å². The van der Waals surface area contributed by atoms with Gasteiger partial charge < -0.3 is 10.5 Å². The first-order valence-corrected chi connectivity index (χ1v) is 7.19. The Hall–Kier alpha value is -0.860. The van der Waals surface area contributed by atoms with Gasteiger partial charge in [-0.05, 0) is 31.2 Å². The van der Waals surface area contributed by atoms with E-state index in [0.29, 0.717) is 0 Å². The number of benzene rings is 1. The number of hydrogen-bond donors (Lipinski definition) is 1. The largest absolute Gasteiger partial charge is 0.376 e. The fraction of sp³-hybridized carbons (Fsp3) is 0.625. The fourth-order valence-electron chi connectivity index (χ4n) is 2.69. The van der Waals surface area contributed by atoms with Crippen molar-refractivity contribution in [1.82, 2.24) is 0 Å². The molecule has 0 heterocycles. The molecule has 0 amide bonds. The van der Waals surface area contributed by atoms with Crippen LogP contribution in [-0.2, 0) is 4.74 Å². The van der Waals surface area contributed by atoms with E-state index in [-0.39, 0.29) is 12.1 Å². The Morgan fingerprint density at radius 2 is 1.83 bits per heavy atom. The molecule has 100 valence electrons. The van der Waals surface area contributed by atoms with Crippen LogP contribution in [0.1, 0.15) is 50.6 Å². The summed E-state index contributed by atoms with van der Waals surface area (Å²) in [6.07, 6.45) is 6.88. The molecule has 18 heavy (non-hydrogen) atoms. The molecule has 1 aromatic carbocycles. The van der Waals surface area contributed by atoms with Crippen molar-refractivity contribution in [3.8, 4) is 0 Å². The molecule has 0 saturated heterocycles. The van der Waals surface area contributed by atoms with Crippen LogP contribution in [0.25, 0.3) is 0 Å². The SMILES string of the molecule is CC(OCC1CCCCC1)C(N)c1ccccc1. The van der Waals surface area contributed by atoms with E-state index in [1.807, 2.05) is 18.2 Å². The number of rotatable bonds is 5. The number of ether oxygens (including phenoxy) is 1. The molecule has 1 aromatic rings. The Labute approximate surface area is 111 Å². The van der Waals surface area contributed by atoms with Crippen LogP contribution in [0.5, 0.6) is 0 Å². The lowest BCUT2D eigenvalue weighted by molar-refractivity contribution is 0.0169. The molecule has 0 spiro atoms. The molecule has 1 fully saturated rings. The van der Waals surface area contributed by atoms with E-state index in [2.05, 4.69) is 19.1 Å². The lowest BCUT2D eigenvalue weighted by Crippen LogP contribution is -2.28. The average Bonchev–Trinajstić information content (AvgIpc) is 2.46. The third kappa shape index (κ3) is 3.82. The van der Waals surface area contributed by atoms with Gasteiger partial charge >= 0.3 is 0 Å². The summed E-state index contributed by atoms with van der Waals surface area (Å²) in [4.78, 5) is 0. The second-order valence-electron chi connectivity index (χ2n) is 5.48. The van der Waals surface area contributed by atoms with Gasteiger partial charge in [-0.2, -0.15) is 0 Å². The van der Waals surface area contributed by atoms with E-state index in [1.165, 1.54) is 32.1 Å². The standard InChI is InChI=1S/C16H25NO/c1-13(16(17)15-10-6-3-7-11-15)18-12-14-8-4-2-5-9-14/h3,6-7,10-11,13-14,16H,2,4-5,8-9,12,17H2,1H3. The zero-order valence-electron chi connectivity index (χ0n) is 11.3. The summed E-state index contributed by atoms with van der Waals surface area (Å²) in [7, 11) is 0. The summed E-state index contributed by atoms with van der Waals surface area (Å²) >= 11 is 0. The Morgan fingerprint density at radius 1 is 1.17 bits per heavy atom. The molecule has 0 aromatic heterocycles. The van der Waals surface area contributed by atoms with Crippen LogP contribution < -0.4 is 5.73 Å². The van der Waals surface area contributed by atoms with Gasteiger partial charge in [0.2, 0.25) is 0 Å². The van der Waals surface area contributed by atoms with Crippen LogP contribution in [0, 0.1) is 5.92 Å². The molecule has 2 nitrogen and oxygen atoms in total. The fourth-order valence-corrected chi connectivity index (χ4v) is 2.69. The van der Waals surface area contributed by atoms with Crippen LogP contribution in [0.4, 0.5) is 0 Å². The maximum Gasteiger partial charge on any atom is 0.0739 e. The lowest BCUT2D eigenvalue weighted by Gasteiger charge is -2.26. The van der Waals surface area contributed by atoms with Gasteiger partial charge in [0.15, 0.2) is 0 Å². The van der Waals surface area contributed by atoms with Gasteiger partial charge in [0.05, 0.1) is 12.1 Å². The normalized spacial score (nSPS) is 20.6. The van der Waals surface area contributed by atoms with E-state index in [9.17, 15) is 0 Å². The smallest absolute Gasteiger partial charge is 0.0739 e. The summed E-state index contributed by atoms with van der Waals surface area (Å²) in [5, 5.41) is 0. The average molecular weight is 247 g/mol. The summed E-state index contributed by atoms with van der Waals surface area (Å²) in [5.41, 5.74) is 7.39. The van der Waals surface area contributed by atoms with Crippen molar-refractivity contribution >= 4 is 0 Å². The minimum atomic E-state index is -0.0187. The van der Waals surface area contributed by atoms with Gasteiger partial charge in [-0.3, -0.25) is 0 Å². The zero-order chi connectivity index (χ0) is 12.8. The van der Waals surface area contributed by atoms with Gasteiger partial charge in [-0.15, -0.1) is 0 Å². The van der Waals surface area contributed by atoms with E-state index in [1.54, 1.807) is 0 Å². The molecule has 0 aliphatic heterocycles. The Balaban J connectivity index is 1.78. The molecule has 2 unspecified atom stereocenters. The highest BCUT2D eigenvalue weighted by atomic mass is 16.5. The topological polar surface area (TPSA) is 35.2 Å². The van der Waals surface area contributed by atoms with Crippen LogP contribution in [0.15, 0.2) is 30.3 Å². The molecule has 1 aliphatic carbocycles. The highest BCUT2D eigenvalue weighted by molar-refractivity contribution is 5.19. The van der Waals surface area contributed by atoms with Gasteiger partial charge in [0.25, 0.3) is 0 Å². The molecule has 2 rings (SSSR count). The van der Waals surface area contributed by atoms with Gasteiger partial charge in [0, 0.05) is 6.61 Å². The van der Waals surface area contributed by atoms with Crippen molar-refractivity contribution in [2.75, 3.05) is 6.61 Å². The van der Waals surface area contributed by atoms with Crippen LogP contribution in [0.3, 0.4) is 0 Å². The van der Waals surface area contributed by atoms with Crippen LogP contribution in [0.2, 0.25) is 0 Å². The molecule has 1 saturated carbocycles. The van der Waals surface area contributed by atoms with Crippen molar-refractivity contribution in [3.63, 3.8) is 0 Å². The molecule has 0 bridgehead atoms. The molecule has 0 radical (unpaired) electrons. The van der Waals surface area contributed by atoms with Crippen molar-refractivity contribution in [3.05, 3.63) is 35.9 Å². The predicted molar refractivity (Wildman–Crippen MR) is 75.4 cm³/mol. The Kier molecular flexibility index (Phi) is 5.21. The molecule has 2 N–H and O–H groups in total. The number of hydrogen-bond acceptors (Lipinski definition) is 2. The molecule has 2 heteroatoms. The zero-order valence-corrected chi connectivity index (χ0v) is 11.3. The minimum absolute atomic E-state index is 0.0187. The highest BCUT2D eigenvalue weighted by Gasteiger charge is 2.18. The monoisotopic (exact) mass is 247 g/mol. The van der Waals surface area contributed by atoms with E-state index in [4.69, 9.17) is 10.5 Å².